The molecule has 0 atom stereocenters. The van der Waals surface area contributed by atoms with Gasteiger partial charge in [-0.2, -0.15) is 0 Å². The lowest BCUT2D eigenvalue weighted by molar-refractivity contribution is -0.136. The summed E-state index contributed by atoms with van der Waals surface area (Å²) < 4.78 is 0. The predicted molar refractivity (Wildman–Crippen MR) is 77.7 cm³/mol. The van der Waals surface area contributed by atoms with Crippen LogP contribution in [0.1, 0.15) is 43.2 Å². The smallest absolute Gasteiger partial charge is 0.303 e. The van der Waals surface area contributed by atoms with Crippen molar-refractivity contribution in [1.82, 2.24) is 0 Å². The average molecular weight is 272 g/mol. The molecule has 0 saturated heterocycles. The van der Waals surface area contributed by atoms with Gasteiger partial charge in [0.25, 0.3) is 0 Å². The Kier molecular flexibility index (Phi) is 5.10. The molecule has 0 aliphatic heterocycles. The molecule has 1 aromatic rings. The van der Waals surface area contributed by atoms with Gasteiger partial charge in [-0.15, -0.1) is 0 Å². The topological polar surface area (TPSA) is 54.4 Å². The first-order valence-corrected chi connectivity index (χ1v) is 7.15. The molecule has 3 nitrogen and oxygen atoms in total. The van der Waals surface area contributed by atoms with E-state index in [-0.39, 0.29) is 6.42 Å². The van der Waals surface area contributed by atoms with Crippen molar-refractivity contribution in [3.05, 3.63) is 46.5 Å². The minimum absolute atomic E-state index is 0.149. The number of aldehydes is 1. The molecule has 0 aromatic heterocycles. The molecule has 106 valence electrons. The summed E-state index contributed by atoms with van der Waals surface area (Å²) in [5, 5.41) is 8.81. The summed E-state index contributed by atoms with van der Waals surface area (Å²) in [6, 6.07) is 7.95. The van der Waals surface area contributed by atoms with Crippen molar-refractivity contribution in [2.24, 2.45) is 0 Å². The van der Waals surface area contributed by atoms with E-state index in [0.29, 0.717) is 6.42 Å². The van der Waals surface area contributed by atoms with Gasteiger partial charge >= 0.3 is 5.97 Å². The van der Waals surface area contributed by atoms with Gasteiger partial charge in [0.05, 0.1) is 0 Å². The number of benzene rings is 1. The van der Waals surface area contributed by atoms with Gasteiger partial charge in [0.1, 0.15) is 6.29 Å². The van der Waals surface area contributed by atoms with Gasteiger partial charge in [0.15, 0.2) is 0 Å². The molecular weight excluding hydrogens is 252 g/mol. The SMILES string of the molecule is O=CC1=C(Cc2ccccc2CCC(=O)O)CCCC1. The summed E-state index contributed by atoms with van der Waals surface area (Å²) >= 11 is 0. The third-order valence-electron chi connectivity index (χ3n) is 3.90. The number of carbonyl (C=O) groups excluding carboxylic acids is 1. The Morgan fingerprint density at radius 3 is 2.55 bits per heavy atom. The van der Waals surface area contributed by atoms with E-state index in [1.807, 2.05) is 24.3 Å². The van der Waals surface area contributed by atoms with Gasteiger partial charge in [-0.3, -0.25) is 9.59 Å². The number of allylic oxidation sites excluding steroid dienone is 2. The Bertz CT molecular complexity index is 529. The number of carboxylic acids is 1. The van der Waals surface area contributed by atoms with Gasteiger partial charge in [-0.1, -0.05) is 29.8 Å². The lowest BCUT2D eigenvalue weighted by Crippen LogP contribution is -2.06. The fourth-order valence-electron chi connectivity index (χ4n) is 2.78. The van der Waals surface area contributed by atoms with E-state index in [4.69, 9.17) is 5.11 Å². The first kappa shape index (κ1) is 14.5. The summed E-state index contributed by atoms with van der Waals surface area (Å²) in [5.41, 5.74) is 4.42. The van der Waals surface area contributed by atoms with Crippen molar-refractivity contribution >= 4 is 12.3 Å². The van der Waals surface area contributed by atoms with E-state index in [1.54, 1.807) is 0 Å². The molecule has 0 unspecified atom stereocenters. The van der Waals surface area contributed by atoms with Gasteiger partial charge in [-0.25, -0.2) is 0 Å². The lowest BCUT2D eigenvalue weighted by atomic mass is 9.87. The second kappa shape index (κ2) is 7.04. The maximum Gasteiger partial charge on any atom is 0.303 e. The minimum Gasteiger partial charge on any atom is -0.481 e. The predicted octanol–water partition coefficient (Wildman–Crippen LogP) is 3.32. The van der Waals surface area contributed by atoms with Crippen molar-refractivity contribution in [2.75, 3.05) is 0 Å². The first-order valence-electron chi connectivity index (χ1n) is 7.15. The van der Waals surface area contributed by atoms with Gasteiger partial charge in [0.2, 0.25) is 0 Å². The van der Waals surface area contributed by atoms with Crippen molar-refractivity contribution in [3.63, 3.8) is 0 Å². The molecule has 1 aliphatic carbocycles. The van der Waals surface area contributed by atoms with E-state index < -0.39 is 5.97 Å². The standard InChI is InChI=1S/C17H20O3/c18-12-16-8-4-3-7-15(16)11-14-6-2-1-5-13(14)9-10-17(19)20/h1-2,5-6,12H,3-4,7-11H2,(H,19,20). The highest BCUT2D eigenvalue weighted by molar-refractivity contribution is 5.75. The number of aliphatic carboxylic acids is 1. The molecular formula is C17H20O3. The van der Waals surface area contributed by atoms with Crippen LogP contribution >= 0.6 is 0 Å². The Hall–Kier alpha value is -1.90. The molecule has 20 heavy (non-hydrogen) atoms. The van der Waals surface area contributed by atoms with Crippen molar-refractivity contribution in [2.45, 2.75) is 44.9 Å². The number of aryl methyl sites for hydroxylation is 1. The molecule has 0 radical (unpaired) electrons. The molecule has 0 saturated carbocycles. The van der Waals surface area contributed by atoms with E-state index in [9.17, 15) is 9.59 Å². The Labute approximate surface area is 119 Å². The van der Waals surface area contributed by atoms with Crippen LogP contribution in [0.25, 0.3) is 0 Å². The third-order valence-corrected chi connectivity index (χ3v) is 3.90. The van der Waals surface area contributed by atoms with Gasteiger partial charge < -0.3 is 5.11 Å². The summed E-state index contributed by atoms with van der Waals surface area (Å²) in [6.45, 7) is 0. The minimum atomic E-state index is -0.773. The quantitative estimate of drug-likeness (QED) is 0.808. The van der Waals surface area contributed by atoms with Gasteiger partial charge in [-0.05, 0) is 55.2 Å². The van der Waals surface area contributed by atoms with Crippen LogP contribution in [0, 0.1) is 0 Å². The zero-order valence-electron chi connectivity index (χ0n) is 11.6. The fraction of sp³-hybridized carbons (Fsp3) is 0.412. The highest BCUT2D eigenvalue weighted by Gasteiger charge is 2.14. The third kappa shape index (κ3) is 3.80. The molecule has 0 fully saturated rings. The summed E-state index contributed by atoms with van der Waals surface area (Å²) in [4.78, 5) is 21.8. The molecule has 1 aliphatic rings. The molecule has 0 bridgehead atoms. The zero-order chi connectivity index (χ0) is 14.4. The summed E-state index contributed by atoms with van der Waals surface area (Å²) in [6.07, 6.45) is 6.59. The highest BCUT2D eigenvalue weighted by atomic mass is 16.4. The summed E-state index contributed by atoms with van der Waals surface area (Å²) in [7, 11) is 0. The van der Waals surface area contributed by atoms with Crippen LogP contribution in [0.5, 0.6) is 0 Å². The van der Waals surface area contributed by atoms with Crippen LogP contribution in [-0.2, 0) is 22.4 Å². The van der Waals surface area contributed by atoms with Gasteiger partial charge in [0, 0.05) is 6.42 Å². The number of carboxylic acid groups (broad SMARTS) is 1. The van der Waals surface area contributed by atoms with Crippen LogP contribution in [0.4, 0.5) is 0 Å². The molecule has 3 heteroatoms. The lowest BCUT2D eigenvalue weighted by Gasteiger charge is -2.18. The van der Waals surface area contributed by atoms with Crippen LogP contribution in [-0.4, -0.2) is 17.4 Å². The van der Waals surface area contributed by atoms with Crippen LogP contribution < -0.4 is 0 Å². The Morgan fingerprint density at radius 2 is 1.85 bits per heavy atom. The highest BCUT2D eigenvalue weighted by Crippen LogP contribution is 2.27. The van der Waals surface area contributed by atoms with Crippen LogP contribution in [0.2, 0.25) is 0 Å². The van der Waals surface area contributed by atoms with Crippen LogP contribution in [0.3, 0.4) is 0 Å². The number of hydrogen-bond donors (Lipinski definition) is 1. The molecule has 0 heterocycles. The Morgan fingerprint density at radius 1 is 1.15 bits per heavy atom. The maximum absolute atomic E-state index is 11.1. The Balaban J connectivity index is 2.18. The second-order valence-electron chi connectivity index (χ2n) is 5.29. The average Bonchev–Trinajstić information content (AvgIpc) is 2.47. The number of rotatable bonds is 6. The zero-order valence-corrected chi connectivity index (χ0v) is 11.6. The summed E-state index contributed by atoms with van der Waals surface area (Å²) in [5.74, 6) is -0.773. The molecule has 0 spiro atoms. The van der Waals surface area contributed by atoms with E-state index >= 15 is 0 Å². The fourth-order valence-corrected chi connectivity index (χ4v) is 2.78. The van der Waals surface area contributed by atoms with E-state index in [0.717, 1.165) is 55.1 Å². The van der Waals surface area contributed by atoms with E-state index in [1.165, 1.54) is 5.57 Å². The van der Waals surface area contributed by atoms with Crippen molar-refractivity contribution in [3.8, 4) is 0 Å². The first-order chi connectivity index (χ1) is 9.70. The number of carbonyl (C=O) groups is 2. The van der Waals surface area contributed by atoms with E-state index in [2.05, 4.69) is 0 Å². The second-order valence-corrected chi connectivity index (χ2v) is 5.29. The van der Waals surface area contributed by atoms with Crippen molar-refractivity contribution < 1.29 is 14.7 Å². The monoisotopic (exact) mass is 272 g/mol. The van der Waals surface area contributed by atoms with Crippen LogP contribution in [0.15, 0.2) is 35.4 Å². The normalized spacial score (nSPS) is 15.2. The van der Waals surface area contributed by atoms with Crippen molar-refractivity contribution in [1.29, 1.82) is 0 Å². The number of hydrogen-bond acceptors (Lipinski definition) is 2. The molecule has 2 rings (SSSR count). The molecule has 1 aromatic carbocycles. The maximum atomic E-state index is 11.1. The largest absolute Gasteiger partial charge is 0.481 e. The molecule has 0 amide bonds. The molecule has 1 N–H and O–H groups in total.